The quantitative estimate of drug-likeness (QED) is 0.827. The Balaban J connectivity index is 2.06. The third-order valence-corrected chi connectivity index (χ3v) is 3.14. The minimum Gasteiger partial charge on any atom is -0.367 e. The van der Waals surface area contributed by atoms with Crippen molar-refractivity contribution in [1.29, 1.82) is 0 Å². The van der Waals surface area contributed by atoms with Crippen LogP contribution in [0.1, 0.15) is 37.1 Å². The molecule has 0 aromatic carbocycles. The number of morpholine rings is 1. The predicted molar refractivity (Wildman–Crippen MR) is 62.6 cm³/mol. The minimum absolute atomic E-state index is 0.0819. The molecule has 6 heteroatoms. The van der Waals surface area contributed by atoms with Gasteiger partial charge in [-0.2, -0.15) is 4.98 Å². The van der Waals surface area contributed by atoms with Gasteiger partial charge < -0.3 is 19.9 Å². The first kappa shape index (κ1) is 12.5. The first-order valence-corrected chi connectivity index (χ1v) is 6.08. The summed E-state index contributed by atoms with van der Waals surface area (Å²) in [6.07, 6.45) is 0.824. The largest absolute Gasteiger partial charge is 0.367 e. The van der Waals surface area contributed by atoms with Crippen LogP contribution in [0.5, 0.6) is 0 Å². The maximum absolute atomic E-state index is 5.66. The molecule has 2 unspecified atom stereocenters. The second-order valence-electron chi connectivity index (χ2n) is 4.45. The fourth-order valence-electron chi connectivity index (χ4n) is 1.92. The Hall–Kier alpha value is -0.980. The minimum atomic E-state index is -0.0819. The van der Waals surface area contributed by atoms with E-state index in [4.69, 9.17) is 15.0 Å². The molecule has 2 N–H and O–H groups in total. The molecule has 0 spiro atoms. The van der Waals surface area contributed by atoms with Crippen molar-refractivity contribution in [1.82, 2.24) is 15.0 Å². The average molecular weight is 240 g/mol. The highest BCUT2D eigenvalue weighted by atomic mass is 16.5. The Bertz CT molecular complexity index is 351. The lowest BCUT2D eigenvalue weighted by Gasteiger charge is -2.27. The SMILES string of the molecule is CCC(CN)c1nc(C2CN(C)CCO2)no1. The van der Waals surface area contributed by atoms with E-state index in [1.54, 1.807) is 0 Å². The molecule has 17 heavy (non-hydrogen) atoms. The van der Waals surface area contributed by atoms with Crippen LogP contribution >= 0.6 is 0 Å². The Morgan fingerprint density at radius 1 is 1.59 bits per heavy atom. The highest BCUT2D eigenvalue weighted by molar-refractivity contribution is 4.98. The smallest absolute Gasteiger partial charge is 0.231 e. The molecular weight excluding hydrogens is 220 g/mol. The van der Waals surface area contributed by atoms with Gasteiger partial charge in [-0.1, -0.05) is 12.1 Å². The van der Waals surface area contributed by atoms with Gasteiger partial charge in [-0.15, -0.1) is 0 Å². The van der Waals surface area contributed by atoms with Crippen LogP contribution in [-0.2, 0) is 4.74 Å². The van der Waals surface area contributed by atoms with E-state index in [0.717, 1.165) is 19.5 Å². The van der Waals surface area contributed by atoms with E-state index in [1.165, 1.54) is 0 Å². The topological polar surface area (TPSA) is 77.4 Å². The maximum atomic E-state index is 5.66. The van der Waals surface area contributed by atoms with Crippen molar-refractivity contribution in [3.63, 3.8) is 0 Å². The molecule has 2 rings (SSSR count). The van der Waals surface area contributed by atoms with Gasteiger partial charge >= 0.3 is 0 Å². The molecule has 0 amide bonds. The van der Waals surface area contributed by atoms with E-state index in [-0.39, 0.29) is 12.0 Å². The van der Waals surface area contributed by atoms with Crippen LogP contribution < -0.4 is 5.73 Å². The van der Waals surface area contributed by atoms with Crippen molar-refractivity contribution in [2.75, 3.05) is 33.3 Å². The molecule has 1 aromatic heterocycles. The first-order valence-electron chi connectivity index (χ1n) is 6.08. The zero-order valence-electron chi connectivity index (χ0n) is 10.4. The second kappa shape index (κ2) is 5.57. The number of hydrogen-bond acceptors (Lipinski definition) is 6. The number of likely N-dealkylation sites (N-methyl/N-ethyl adjacent to an activating group) is 1. The van der Waals surface area contributed by atoms with Crippen molar-refractivity contribution < 1.29 is 9.26 Å². The fraction of sp³-hybridized carbons (Fsp3) is 0.818. The molecule has 2 heterocycles. The third-order valence-electron chi connectivity index (χ3n) is 3.14. The molecule has 0 radical (unpaired) electrons. The van der Waals surface area contributed by atoms with Crippen LogP contribution in [0.15, 0.2) is 4.52 Å². The Labute approximate surface area is 101 Å². The van der Waals surface area contributed by atoms with Gasteiger partial charge in [0.05, 0.1) is 12.5 Å². The number of nitrogens with zero attached hydrogens (tertiary/aromatic N) is 3. The molecule has 1 aromatic rings. The monoisotopic (exact) mass is 240 g/mol. The van der Waals surface area contributed by atoms with E-state index in [0.29, 0.717) is 24.9 Å². The van der Waals surface area contributed by atoms with Gasteiger partial charge in [-0.05, 0) is 13.5 Å². The van der Waals surface area contributed by atoms with Crippen molar-refractivity contribution in [3.8, 4) is 0 Å². The van der Waals surface area contributed by atoms with Gasteiger partial charge in [0.2, 0.25) is 11.7 Å². The number of aromatic nitrogens is 2. The molecular formula is C11H20N4O2. The van der Waals surface area contributed by atoms with Crippen LogP contribution in [0.4, 0.5) is 0 Å². The first-order chi connectivity index (χ1) is 8.24. The summed E-state index contributed by atoms with van der Waals surface area (Å²) in [6, 6.07) is 0. The van der Waals surface area contributed by atoms with Crippen molar-refractivity contribution in [3.05, 3.63) is 11.7 Å². The van der Waals surface area contributed by atoms with Crippen LogP contribution in [0.2, 0.25) is 0 Å². The lowest BCUT2D eigenvalue weighted by molar-refractivity contribution is -0.0264. The van der Waals surface area contributed by atoms with Crippen LogP contribution in [0.25, 0.3) is 0 Å². The van der Waals surface area contributed by atoms with Crippen molar-refractivity contribution in [2.24, 2.45) is 5.73 Å². The molecule has 0 saturated carbocycles. The highest BCUT2D eigenvalue weighted by Crippen LogP contribution is 2.22. The average Bonchev–Trinajstić information content (AvgIpc) is 2.80. The number of ether oxygens (including phenoxy) is 1. The van der Waals surface area contributed by atoms with Gasteiger partial charge in [-0.3, -0.25) is 0 Å². The predicted octanol–water partition coefficient (Wildman–Crippen LogP) is 0.525. The maximum Gasteiger partial charge on any atom is 0.231 e. The van der Waals surface area contributed by atoms with E-state index in [9.17, 15) is 0 Å². The lowest BCUT2D eigenvalue weighted by Crippen LogP contribution is -2.35. The zero-order chi connectivity index (χ0) is 12.3. The molecule has 0 aliphatic carbocycles. The lowest BCUT2D eigenvalue weighted by atomic mass is 10.1. The molecule has 96 valence electrons. The van der Waals surface area contributed by atoms with E-state index < -0.39 is 0 Å². The summed E-state index contributed by atoms with van der Waals surface area (Å²) in [5.41, 5.74) is 5.66. The van der Waals surface area contributed by atoms with Crippen molar-refractivity contribution >= 4 is 0 Å². The van der Waals surface area contributed by atoms with Crippen LogP contribution in [0.3, 0.4) is 0 Å². The fourth-order valence-corrected chi connectivity index (χ4v) is 1.92. The summed E-state index contributed by atoms with van der Waals surface area (Å²) >= 11 is 0. The molecule has 1 aliphatic heterocycles. The number of hydrogen-bond donors (Lipinski definition) is 1. The van der Waals surface area contributed by atoms with Gasteiger partial charge in [0.1, 0.15) is 6.10 Å². The molecule has 1 saturated heterocycles. The molecule has 1 aliphatic rings. The zero-order valence-corrected chi connectivity index (χ0v) is 10.4. The normalized spacial score (nSPS) is 23.8. The molecule has 6 nitrogen and oxygen atoms in total. The standard InChI is InChI=1S/C11H20N4O2/c1-3-8(6-12)11-13-10(14-17-11)9-7-15(2)4-5-16-9/h8-9H,3-7,12H2,1-2H3. The highest BCUT2D eigenvalue weighted by Gasteiger charge is 2.25. The van der Waals surface area contributed by atoms with Gasteiger partial charge in [-0.25, -0.2) is 0 Å². The second-order valence-corrected chi connectivity index (χ2v) is 4.45. The number of rotatable bonds is 4. The third kappa shape index (κ3) is 2.83. The Morgan fingerprint density at radius 2 is 2.41 bits per heavy atom. The van der Waals surface area contributed by atoms with Crippen molar-refractivity contribution in [2.45, 2.75) is 25.4 Å². The van der Waals surface area contributed by atoms with Gasteiger partial charge in [0.25, 0.3) is 0 Å². The van der Waals surface area contributed by atoms with Gasteiger partial charge in [0, 0.05) is 19.6 Å². The molecule has 1 fully saturated rings. The summed E-state index contributed by atoms with van der Waals surface area (Å²) in [6.45, 7) is 5.05. The van der Waals surface area contributed by atoms with E-state index >= 15 is 0 Å². The Morgan fingerprint density at radius 3 is 3.06 bits per heavy atom. The van der Waals surface area contributed by atoms with E-state index in [2.05, 4.69) is 29.0 Å². The van der Waals surface area contributed by atoms with Gasteiger partial charge in [0.15, 0.2) is 0 Å². The summed E-state index contributed by atoms with van der Waals surface area (Å²) in [5, 5.41) is 4.00. The molecule has 0 bridgehead atoms. The number of nitrogens with two attached hydrogens (primary N) is 1. The van der Waals surface area contributed by atoms with E-state index in [1.807, 2.05) is 0 Å². The summed E-state index contributed by atoms with van der Waals surface area (Å²) in [7, 11) is 2.06. The summed E-state index contributed by atoms with van der Waals surface area (Å²) < 4.78 is 10.9. The van der Waals surface area contributed by atoms with Crippen LogP contribution in [-0.4, -0.2) is 48.3 Å². The van der Waals surface area contributed by atoms with Crippen LogP contribution in [0, 0.1) is 0 Å². The summed E-state index contributed by atoms with van der Waals surface area (Å²) in [4.78, 5) is 6.60. The Kier molecular flexibility index (Phi) is 4.09. The summed E-state index contributed by atoms with van der Waals surface area (Å²) in [5.74, 6) is 1.41. The molecule has 2 atom stereocenters.